The lowest BCUT2D eigenvalue weighted by Crippen LogP contribution is -2.59. The Balaban J connectivity index is 3.11. The van der Waals surface area contributed by atoms with Crippen LogP contribution in [0.1, 0.15) is 12.8 Å². The third-order valence-corrected chi connectivity index (χ3v) is 2.77. The second-order valence-electron chi connectivity index (χ2n) is 4.54. The highest BCUT2D eigenvalue weighted by atomic mass is 19.4. The predicted molar refractivity (Wildman–Crippen MR) is 52.9 cm³/mol. The van der Waals surface area contributed by atoms with E-state index in [1.54, 1.807) is 0 Å². The molecule has 1 saturated heterocycles. The SMILES string of the molecule is COC(F)(F)C(F)(F)OC(F)(OC(F)(F)C1CCCO1)C(F)(F)F. The Morgan fingerprint density at radius 2 is 1.38 bits per heavy atom. The van der Waals surface area contributed by atoms with Gasteiger partial charge in [0.1, 0.15) is 6.10 Å². The van der Waals surface area contributed by atoms with Gasteiger partial charge in [-0.1, -0.05) is 0 Å². The van der Waals surface area contributed by atoms with E-state index in [2.05, 4.69) is 18.9 Å². The average Bonchev–Trinajstić information content (AvgIpc) is 2.90. The maximum Gasteiger partial charge on any atom is 0.478 e. The third-order valence-electron chi connectivity index (χ3n) is 2.77. The number of halogens is 10. The first-order valence-corrected chi connectivity index (χ1v) is 6.04. The summed E-state index contributed by atoms with van der Waals surface area (Å²) in [6, 6.07) is -6.27. The van der Waals surface area contributed by atoms with Crippen LogP contribution in [0.15, 0.2) is 0 Å². The minimum absolute atomic E-state index is 0.0618. The fourth-order valence-corrected chi connectivity index (χ4v) is 1.56. The van der Waals surface area contributed by atoms with E-state index in [4.69, 9.17) is 0 Å². The van der Waals surface area contributed by atoms with E-state index in [9.17, 15) is 43.9 Å². The van der Waals surface area contributed by atoms with Gasteiger partial charge in [-0.3, -0.25) is 0 Å². The summed E-state index contributed by atoms with van der Waals surface area (Å²) in [6.07, 6.45) is -26.9. The van der Waals surface area contributed by atoms with Crippen molar-refractivity contribution in [3.05, 3.63) is 0 Å². The fraction of sp³-hybridized carbons (Fsp3) is 1.00. The van der Waals surface area contributed by atoms with Crippen molar-refractivity contribution >= 4 is 0 Å². The van der Waals surface area contributed by atoms with Gasteiger partial charge in [0.15, 0.2) is 0 Å². The molecule has 1 aliphatic rings. The molecule has 2 unspecified atom stereocenters. The molecule has 1 fully saturated rings. The molecule has 0 spiro atoms. The topological polar surface area (TPSA) is 36.9 Å². The fourth-order valence-electron chi connectivity index (χ4n) is 1.56. The summed E-state index contributed by atoms with van der Waals surface area (Å²) in [6.45, 7) is -0.340. The molecule has 0 aromatic carbocycles. The maximum atomic E-state index is 13.6. The highest BCUT2D eigenvalue weighted by Gasteiger charge is 2.73. The van der Waals surface area contributed by atoms with Crippen molar-refractivity contribution in [2.45, 2.75) is 49.5 Å². The molecule has 0 saturated carbocycles. The van der Waals surface area contributed by atoms with E-state index < -0.39 is 43.1 Å². The highest BCUT2D eigenvalue weighted by molar-refractivity contribution is 4.80. The first-order chi connectivity index (χ1) is 10.6. The monoisotopic (exact) mass is 384 g/mol. The molecule has 4 nitrogen and oxygen atoms in total. The van der Waals surface area contributed by atoms with Crippen molar-refractivity contribution in [2.75, 3.05) is 13.7 Å². The van der Waals surface area contributed by atoms with Crippen molar-refractivity contribution < 1.29 is 62.9 Å². The normalized spacial score (nSPS) is 23.4. The van der Waals surface area contributed by atoms with Crippen LogP contribution in [0.3, 0.4) is 0 Å². The molecule has 1 rings (SSSR count). The number of hydrogen-bond acceptors (Lipinski definition) is 4. The van der Waals surface area contributed by atoms with Gasteiger partial charge in [-0.2, -0.15) is 43.9 Å². The first kappa shape index (κ1) is 21.2. The highest BCUT2D eigenvalue weighted by Crippen LogP contribution is 2.48. The van der Waals surface area contributed by atoms with Gasteiger partial charge in [-0.25, -0.2) is 9.47 Å². The largest absolute Gasteiger partial charge is 0.478 e. The molecule has 0 amide bonds. The molecule has 0 aliphatic carbocycles. The van der Waals surface area contributed by atoms with Crippen LogP contribution >= 0.6 is 0 Å². The number of ether oxygens (including phenoxy) is 4. The van der Waals surface area contributed by atoms with Gasteiger partial charge in [-0.05, 0) is 12.8 Å². The van der Waals surface area contributed by atoms with E-state index in [0.29, 0.717) is 0 Å². The van der Waals surface area contributed by atoms with Crippen LogP contribution in [0.25, 0.3) is 0 Å². The molecule has 24 heavy (non-hydrogen) atoms. The Bertz CT molecular complexity index is 434. The Morgan fingerprint density at radius 3 is 1.75 bits per heavy atom. The van der Waals surface area contributed by atoms with Crippen molar-refractivity contribution in [1.82, 2.24) is 0 Å². The number of alkyl halides is 10. The van der Waals surface area contributed by atoms with Gasteiger partial charge in [0.2, 0.25) is 0 Å². The lowest BCUT2D eigenvalue weighted by molar-refractivity contribution is -0.566. The van der Waals surface area contributed by atoms with Crippen molar-refractivity contribution in [2.24, 2.45) is 0 Å². The van der Waals surface area contributed by atoms with Gasteiger partial charge < -0.3 is 9.47 Å². The average molecular weight is 384 g/mol. The van der Waals surface area contributed by atoms with Crippen molar-refractivity contribution in [1.29, 1.82) is 0 Å². The second-order valence-corrected chi connectivity index (χ2v) is 4.54. The van der Waals surface area contributed by atoms with Crippen LogP contribution in [-0.2, 0) is 18.9 Å². The minimum Gasteiger partial charge on any atom is -0.369 e. The number of rotatable bonds is 7. The van der Waals surface area contributed by atoms with Crippen LogP contribution in [0.2, 0.25) is 0 Å². The summed E-state index contributed by atoms with van der Waals surface area (Å²) >= 11 is 0. The zero-order chi connectivity index (χ0) is 19.0. The molecule has 0 aromatic heterocycles. The molecule has 0 N–H and O–H groups in total. The summed E-state index contributed by atoms with van der Waals surface area (Å²) in [5.41, 5.74) is 0. The van der Waals surface area contributed by atoms with Crippen LogP contribution in [-0.4, -0.2) is 50.4 Å². The Kier molecular flexibility index (Phi) is 5.70. The van der Waals surface area contributed by atoms with E-state index in [1.807, 2.05) is 0 Å². The summed E-state index contributed by atoms with van der Waals surface area (Å²) in [5.74, 6) is 0. The molecule has 0 aromatic rings. The smallest absolute Gasteiger partial charge is 0.369 e. The second kappa shape index (κ2) is 6.46. The van der Waals surface area contributed by atoms with Gasteiger partial charge in [0, 0.05) is 13.7 Å². The van der Waals surface area contributed by atoms with Crippen molar-refractivity contribution in [3.8, 4) is 0 Å². The summed E-state index contributed by atoms with van der Waals surface area (Å²) in [4.78, 5) is 0. The number of methoxy groups -OCH3 is 1. The Hall–Kier alpha value is -0.860. The summed E-state index contributed by atoms with van der Waals surface area (Å²) in [7, 11) is -0.0629. The molecule has 1 heterocycles. The lowest BCUT2D eigenvalue weighted by Gasteiger charge is -2.36. The molecule has 144 valence electrons. The van der Waals surface area contributed by atoms with Crippen molar-refractivity contribution in [3.63, 3.8) is 0 Å². The van der Waals surface area contributed by atoms with E-state index in [0.717, 1.165) is 0 Å². The molecular weight excluding hydrogens is 374 g/mol. The van der Waals surface area contributed by atoms with Gasteiger partial charge >= 0.3 is 30.5 Å². The first-order valence-electron chi connectivity index (χ1n) is 6.04. The summed E-state index contributed by atoms with van der Waals surface area (Å²) in [5, 5.41) is 0. The zero-order valence-corrected chi connectivity index (χ0v) is 11.6. The molecule has 0 radical (unpaired) electrons. The van der Waals surface area contributed by atoms with Crippen LogP contribution in [0, 0.1) is 0 Å². The quantitative estimate of drug-likeness (QED) is 0.494. The molecular formula is C10H10F10O4. The van der Waals surface area contributed by atoms with Gasteiger partial charge in [-0.15, -0.1) is 0 Å². The maximum absolute atomic E-state index is 13.6. The van der Waals surface area contributed by atoms with E-state index >= 15 is 0 Å². The minimum atomic E-state index is -6.68. The Labute approximate surface area is 127 Å². The van der Waals surface area contributed by atoms with Crippen LogP contribution < -0.4 is 0 Å². The molecule has 2 atom stereocenters. The molecule has 14 heteroatoms. The summed E-state index contributed by atoms with van der Waals surface area (Å²) < 4.78 is 142. The third kappa shape index (κ3) is 4.21. The lowest BCUT2D eigenvalue weighted by atomic mass is 10.2. The Morgan fingerprint density at radius 1 is 0.833 bits per heavy atom. The standard InChI is InChI=1S/C10H10F10O4/c1-21-8(16,17)9(18,19)24-10(20,7(13,14)15)23-6(11,12)5-3-2-4-22-5/h5H,2-4H2,1H3. The van der Waals surface area contributed by atoms with E-state index in [-0.39, 0.29) is 20.1 Å². The predicted octanol–water partition coefficient (Wildman–Crippen LogP) is 3.81. The van der Waals surface area contributed by atoms with Gasteiger partial charge in [0.25, 0.3) is 0 Å². The zero-order valence-electron chi connectivity index (χ0n) is 11.6. The van der Waals surface area contributed by atoms with E-state index in [1.165, 1.54) is 0 Å². The van der Waals surface area contributed by atoms with Gasteiger partial charge in [0.05, 0.1) is 0 Å². The van der Waals surface area contributed by atoms with Crippen LogP contribution in [0.5, 0.6) is 0 Å². The molecule has 1 aliphatic heterocycles. The number of hydrogen-bond donors (Lipinski definition) is 0. The molecule has 0 bridgehead atoms. The van der Waals surface area contributed by atoms with Crippen LogP contribution in [0.4, 0.5) is 43.9 Å².